The van der Waals surface area contributed by atoms with Crippen LogP contribution >= 0.6 is 0 Å². The quantitative estimate of drug-likeness (QED) is 0.837. The van der Waals surface area contributed by atoms with Gasteiger partial charge >= 0.3 is 0 Å². The van der Waals surface area contributed by atoms with E-state index in [1.807, 2.05) is 20.8 Å². The molecule has 1 unspecified atom stereocenters. The molecular formula is C15H28N4O. The van der Waals surface area contributed by atoms with Crippen LogP contribution in [0.3, 0.4) is 0 Å². The number of nitrogens with one attached hydrogen (secondary N) is 1. The Morgan fingerprint density at radius 2 is 1.95 bits per heavy atom. The van der Waals surface area contributed by atoms with Crippen LogP contribution in [0.15, 0.2) is 17.2 Å². The highest BCUT2D eigenvalue weighted by Gasteiger charge is 2.18. The average Bonchev–Trinajstić information content (AvgIpc) is 2.37. The molecule has 5 nitrogen and oxygen atoms in total. The van der Waals surface area contributed by atoms with Crippen molar-refractivity contribution in [3.8, 4) is 0 Å². The van der Waals surface area contributed by atoms with E-state index in [2.05, 4.69) is 24.1 Å². The first kappa shape index (κ1) is 16.7. The summed E-state index contributed by atoms with van der Waals surface area (Å²) in [5, 5.41) is 3.10. The Hall–Kier alpha value is -1.36. The summed E-state index contributed by atoms with van der Waals surface area (Å²) in [6, 6.07) is 0.0366. The smallest absolute Gasteiger partial charge is 0.293 e. The van der Waals surface area contributed by atoms with Crippen LogP contribution in [0, 0.1) is 5.92 Å². The molecule has 0 amide bonds. The highest BCUT2D eigenvalue weighted by molar-refractivity contribution is 5.31. The minimum Gasteiger partial charge on any atom is -0.364 e. The molecular weight excluding hydrogens is 252 g/mol. The fourth-order valence-corrected chi connectivity index (χ4v) is 2.34. The van der Waals surface area contributed by atoms with Crippen molar-refractivity contribution in [1.82, 2.24) is 9.55 Å². The van der Waals surface area contributed by atoms with E-state index in [1.165, 1.54) is 0 Å². The van der Waals surface area contributed by atoms with Crippen LogP contribution in [0.1, 0.15) is 47.5 Å². The van der Waals surface area contributed by atoms with E-state index in [0.29, 0.717) is 18.3 Å². The maximum atomic E-state index is 12.3. The van der Waals surface area contributed by atoms with Crippen molar-refractivity contribution in [3.63, 3.8) is 0 Å². The molecule has 1 aromatic rings. The molecule has 0 bridgehead atoms. The Bertz CT molecular complexity index is 471. The fraction of sp³-hybridized carbons (Fsp3) is 0.733. The lowest BCUT2D eigenvalue weighted by atomic mass is 9.95. The molecule has 20 heavy (non-hydrogen) atoms. The number of nitrogens with zero attached hydrogens (tertiary/aromatic N) is 2. The van der Waals surface area contributed by atoms with Crippen LogP contribution < -0.4 is 16.6 Å². The lowest BCUT2D eigenvalue weighted by Crippen LogP contribution is -2.39. The summed E-state index contributed by atoms with van der Waals surface area (Å²) in [6.07, 6.45) is 5.47. The van der Waals surface area contributed by atoms with Gasteiger partial charge in [0.05, 0.1) is 0 Å². The van der Waals surface area contributed by atoms with Gasteiger partial charge in [0.1, 0.15) is 0 Å². The lowest BCUT2D eigenvalue weighted by Gasteiger charge is -2.24. The predicted octanol–water partition coefficient (Wildman–Crippen LogP) is 2.17. The first-order valence-corrected chi connectivity index (χ1v) is 7.38. The summed E-state index contributed by atoms with van der Waals surface area (Å²) >= 11 is 0. The zero-order valence-electron chi connectivity index (χ0n) is 13.3. The Labute approximate surface area is 121 Å². The van der Waals surface area contributed by atoms with Gasteiger partial charge in [-0.05, 0) is 26.7 Å². The largest absolute Gasteiger partial charge is 0.364 e. The molecule has 5 heteroatoms. The second-order valence-electron chi connectivity index (χ2n) is 6.24. The zero-order chi connectivity index (χ0) is 15.3. The predicted molar refractivity (Wildman–Crippen MR) is 84.0 cm³/mol. The summed E-state index contributed by atoms with van der Waals surface area (Å²) in [5.41, 5.74) is 5.81. The van der Waals surface area contributed by atoms with E-state index in [-0.39, 0.29) is 17.1 Å². The van der Waals surface area contributed by atoms with Crippen molar-refractivity contribution in [2.75, 3.05) is 11.9 Å². The second-order valence-corrected chi connectivity index (χ2v) is 6.24. The van der Waals surface area contributed by atoms with E-state index in [4.69, 9.17) is 5.73 Å². The first-order valence-electron chi connectivity index (χ1n) is 7.38. The van der Waals surface area contributed by atoms with E-state index >= 15 is 0 Å². The second kappa shape index (κ2) is 6.88. The van der Waals surface area contributed by atoms with Gasteiger partial charge < -0.3 is 15.6 Å². The Morgan fingerprint density at radius 1 is 1.35 bits per heavy atom. The first-order chi connectivity index (χ1) is 9.31. The normalized spacial score (nSPS) is 13.6. The van der Waals surface area contributed by atoms with Gasteiger partial charge in [0.2, 0.25) is 0 Å². The van der Waals surface area contributed by atoms with E-state index < -0.39 is 0 Å². The van der Waals surface area contributed by atoms with Gasteiger partial charge in [-0.1, -0.05) is 26.7 Å². The van der Waals surface area contributed by atoms with Crippen molar-refractivity contribution in [1.29, 1.82) is 0 Å². The molecule has 0 aliphatic carbocycles. The molecule has 1 rings (SSSR count). The maximum Gasteiger partial charge on any atom is 0.293 e. The maximum absolute atomic E-state index is 12.3. The standard InChI is InChI=1S/C15H28N4O/c1-6-11(7-2)12(16)10-18-13-14(20)19(9-8-17-13)15(3,4)5/h8-9,11-12H,6-7,10,16H2,1-5H3,(H,17,18). The molecule has 1 heterocycles. The molecule has 0 saturated heterocycles. The van der Waals surface area contributed by atoms with Crippen LogP contribution in [0.4, 0.5) is 5.82 Å². The number of aromatic nitrogens is 2. The summed E-state index contributed by atoms with van der Waals surface area (Å²) in [4.78, 5) is 16.5. The van der Waals surface area contributed by atoms with Crippen molar-refractivity contribution in [2.24, 2.45) is 11.7 Å². The molecule has 0 aliphatic heterocycles. The minimum absolute atomic E-state index is 0.0366. The molecule has 0 aliphatic rings. The van der Waals surface area contributed by atoms with E-state index in [9.17, 15) is 4.79 Å². The molecule has 0 radical (unpaired) electrons. The van der Waals surface area contributed by atoms with Gasteiger partial charge in [0.15, 0.2) is 5.82 Å². The van der Waals surface area contributed by atoms with Crippen molar-refractivity contribution < 1.29 is 0 Å². The van der Waals surface area contributed by atoms with Gasteiger partial charge in [-0.3, -0.25) is 4.79 Å². The van der Waals surface area contributed by atoms with Crippen LogP contribution in [0.25, 0.3) is 0 Å². The van der Waals surface area contributed by atoms with E-state index in [1.54, 1.807) is 17.0 Å². The number of rotatable bonds is 6. The molecule has 114 valence electrons. The zero-order valence-corrected chi connectivity index (χ0v) is 13.3. The third-order valence-corrected chi connectivity index (χ3v) is 3.72. The van der Waals surface area contributed by atoms with E-state index in [0.717, 1.165) is 12.8 Å². The van der Waals surface area contributed by atoms with Crippen LogP contribution in [0.2, 0.25) is 0 Å². The van der Waals surface area contributed by atoms with Gasteiger partial charge in [-0.25, -0.2) is 4.98 Å². The highest BCUT2D eigenvalue weighted by Crippen LogP contribution is 2.13. The number of anilines is 1. The fourth-order valence-electron chi connectivity index (χ4n) is 2.34. The van der Waals surface area contributed by atoms with Crippen molar-refractivity contribution in [3.05, 3.63) is 22.7 Å². The summed E-state index contributed by atoms with van der Waals surface area (Å²) < 4.78 is 1.69. The highest BCUT2D eigenvalue weighted by atomic mass is 16.1. The lowest BCUT2D eigenvalue weighted by molar-refractivity contribution is 0.382. The van der Waals surface area contributed by atoms with Gasteiger partial charge in [-0.2, -0.15) is 0 Å². The monoisotopic (exact) mass is 280 g/mol. The number of hydrogen-bond donors (Lipinski definition) is 2. The van der Waals surface area contributed by atoms with Crippen molar-refractivity contribution in [2.45, 2.75) is 59.0 Å². The SMILES string of the molecule is CCC(CC)C(N)CNc1nccn(C(C)(C)C)c1=O. The summed E-state index contributed by atoms with van der Waals surface area (Å²) in [5.74, 6) is 0.847. The molecule has 0 fully saturated rings. The summed E-state index contributed by atoms with van der Waals surface area (Å²) in [7, 11) is 0. The summed E-state index contributed by atoms with van der Waals surface area (Å²) in [6.45, 7) is 10.8. The molecule has 0 aromatic carbocycles. The molecule has 0 spiro atoms. The van der Waals surface area contributed by atoms with Crippen LogP contribution in [-0.4, -0.2) is 22.1 Å². The topological polar surface area (TPSA) is 72.9 Å². The Balaban J connectivity index is 2.82. The Kier molecular flexibility index (Phi) is 5.74. The minimum atomic E-state index is -0.256. The van der Waals surface area contributed by atoms with Crippen molar-refractivity contribution >= 4 is 5.82 Å². The third-order valence-electron chi connectivity index (χ3n) is 3.72. The molecule has 0 saturated carbocycles. The molecule has 3 N–H and O–H groups in total. The Morgan fingerprint density at radius 3 is 2.45 bits per heavy atom. The molecule has 1 atom stereocenters. The van der Waals surface area contributed by atoms with Crippen LogP contribution in [0.5, 0.6) is 0 Å². The molecule has 1 aromatic heterocycles. The average molecular weight is 280 g/mol. The van der Waals surface area contributed by atoms with Gasteiger partial charge in [0.25, 0.3) is 5.56 Å². The van der Waals surface area contributed by atoms with Gasteiger partial charge in [0, 0.05) is 30.5 Å². The number of hydrogen-bond acceptors (Lipinski definition) is 4. The van der Waals surface area contributed by atoms with Crippen LogP contribution in [-0.2, 0) is 5.54 Å². The third kappa shape index (κ3) is 4.07. The number of nitrogens with two attached hydrogens (primary N) is 1. The van der Waals surface area contributed by atoms with Gasteiger partial charge in [-0.15, -0.1) is 0 Å².